The van der Waals surface area contributed by atoms with E-state index in [-0.39, 0.29) is 16.9 Å². The minimum absolute atomic E-state index is 0.146. The van der Waals surface area contributed by atoms with Crippen LogP contribution in [0.1, 0.15) is 40.2 Å². The van der Waals surface area contributed by atoms with E-state index >= 15 is 0 Å². The van der Waals surface area contributed by atoms with Crippen LogP contribution in [-0.4, -0.2) is 42.4 Å². The predicted octanol–water partition coefficient (Wildman–Crippen LogP) is 4.93. The maximum Gasteiger partial charge on any atom is 0.269 e. The largest absolute Gasteiger partial charge is 0.476 e. The number of nitrogens with zero attached hydrogens (tertiary/aromatic N) is 3. The Labute approximate surface area is 214 Å². The second-order valence-electron chi connectivity index (χ2n) is 9.42. The summed E-state index contributed by atoms with van der Waals surface area (Å²) in [6.07, 6.45) is -1.06. The highest BCUT2D eigenvalue weighted by atomic mass is 32.2. The van der Waals surface area contributed by atoms with Crippen molar-refractivity contribution < 1.29 is 17.9 Å². The summed E-state index contributed by atoms with van der Waals surface area (Å²) in [7, 11) is -3.94. The van der Waals surface area contributed by atoms with Gasteiger partial charge in [-0.2, -0.15) is 0 Å². The number of sulfonamides is 1. The first-order valence-corrected chi connectivity index (χ1v) is 14.3. The molecular formula is C24H28N4O4S3. The van der Waals surface area contributed by atoms with Crippen molar-refractivity contribution in [2.75, 3.05) is 16.2 Å². The Bertz CT molecular complexity index is 1320. The van der Waals surface area contributed by atoms with Gasteiger partial charge in [-0.3, -0.25) is 14.4 Å². The molecule has 0 aliphatic carbocycles. The molecule has 2 heterocycles. The van der Waals surface area contributed by atoms with Crippen LogP contribution in [0.3, 0.4) is 0 Å². The van der Waals surface area contributed by atoms with Crippen LogP contribution < -0.4 is 14.4 Å². The monoisotopic (exact) mass is 532 g/mol. The van der Waals surface area contributed by atoms with Crippen LogP contribution in [0.2, 0.25) is 0 Å². The predicted molar refractivity (Wildman–Crippen MR) is 140 cm³/mol. The molecule has 186 valence electrons. The number of fused-ring (bicyclic) bond motifs is 1. The lowest BCUT2D eigenvalue weighted by molar-refractivity contribution is -0.122. The number of amides is 1. The molecule has 0 saturated heterocycles. The van der Waals surface area contributed by atoms with E-state index in [4.69, 9.17) is 4.74 Å². The third kappa shape index (κ3) is 5.62. The maximum atomic E-state index is 13.7. The molecule has 0 radical (unpaired) electrons. The van der Waals surface area contributed by atoms with Crippen LogP contribution in [0.5, 0.6) is 5.75 Å². The van der Waals surface area contributed by atoms with Crippen LogP contribution in [-0.2, 0) is 20.2 Å². The molecule has 2 aromatic carbocycles. The van der Waals surface area contributed by atoms with Crippen molar-refractivity contribution >= 4 is 49.8 Å². The van der Waals surface area contributed by atoms with E-state index in [1.807, 2.05) is 26.0 Å². The second-order valence-corrected chi connectivity index (χ2v) is 14.1. The maximum absolute atomic E-state index is 13.7. The quantitative estimate of drug-likeness (QED) is 0.355. The Morgan fingerprint density at radius 2 is 1.89 bits per heavy atom. The summed E-state index contributed by atoms with van der Waals surface area (Å²) in [5.41, 5.74) is 1.17. The average Bonchev–Trinajstić information content (AvgIpc) is 3.23. The zero-order valence-electron chi connectivity index (χ0n) is 20.2. The highest BCUT2D eigenvalue weighted by Crippen LogP contribution is 2.40. The molecule has 0 unspecified atom stereocenters. The summed E-state index contributed by atoms with van der Waals surface area (Å²) >= 11 is 2.82. The van der Waals surface area contributed by atoms with Crippen molar-refractivity contribution in [1.29, 1.82) is 0 Å². The SMILES string of the molecule is CC(C)Sc1nnc(NC(=O)[C@H]2CN(S(=O)(=O)c3ccccc3)c3cc(C(C)(C)C)ccc3O2)s1. The fourth-order valence-corrected chi connectivity index (χ4v) is 6.96. The molecule has 0 fully saturated rings. The van der Waals surface area contributed by atoms with Gasteiger partial charge in [0.15, 0.2) is 10.4 Å². The molecule has 0 saturated carbocycles. The Hall–Kier alpha value is -2.63. The Kier molecular flexibility index (Phi) is 7.12. The average molecular weight is 533 g/mol. The number of ether oxygens (including phenoxy) is 1. The van der Waals surface area contributed by atoms with Crippen molar-refractivity contribution in [3.63, 3.8) is 0 Å². The molecule has 3 aromatic rings. The molecule has 1 atom stereocenters. The van der Waals surface area contributed by atoms with Gasteiger partial charge in [0.25, 0.3) is 15.9 Å². The number of nitrogens with one attached hydrogen (secondary N) is 1. The van der Waals surface area contributed by atoms with Crippen LogP contribution >= 0.6 is 23.1 Å². The molecular weight excluding hydrogens is 504 g/mol. The number of rotatable bonds is 6. The fourth-order valence-electron chi connectivity index (χ4n) is 3.50. The van der Waals surface area contributed by atoms with Crippen molar-refractivity contribution in [2.45, 2.75) is 60.6 Å². The third-order valence-corrected chi connectivity index (χ3v) is 9.01. The van der Waals surface area contributed by atoms with Gasteiger partial charge in [-0.25, -0.2) is 8.42 Å². The Morgan fingerprint density at radius 1 is 1.17 bits per heavy atom. The van der Waals surface area contributed by atoms with Crippen molar-refractivity contribution in [2.24, 2.45) is 0 Å². The number of hydrogen-bond donors (Lipinski definition) is 1. The standard InChI is InChI=1S/C24H28N4O4S3/c1-15(2)33-23-27-26-22(34-23)25-21(29)20-14-28(35(30,31)17-9-7-6-8-10-17)18-13-16(24(3,4)5)11-12-19(18)32-20/h6-13,15,20H,14H2,1-5H3,(H,25,26,29)/t20-/m1/s1. The Morgan fingerprint density at radius 3 is 2.54 bits per heavy atom. The number of aromatic nitrogens is 2. The number of hydrogen-bond acceptors (Lipinski definition) is 8. The van der Waals surface area contributed by atoms with E-state index in [9.17, 15) is 13.2 Å². The lowest BCUT2D eigenvalue weighted by atomic mass is 9.86. The first kappa shape index (κ1) is 25.5. The zero-order chi connectivity index (χ0) is 25.4. The minimum atomic E-state index is -3.94. The van der Waals surface area contributed by atoms with E-state index in [1.54, 1.807) is 48.2 Å². The molecule has 8 nitrogen and oxygen atoms in total. The molecule has 1 aliphatic heterocycles. The molecule has 1 N–H and O–H groups in total. The van der Waals surface area contributed by atoms with Gasteiger partial charge in [0.2, 0.25) is 5.13 Å². The topological polar surface area (TPSA) is 101 Å². The summed E-state index contributed by atoms with van der Waals surface area (Å²) in [4.78, 5) is 13.3. The van der Waals surface area contributed by atoms with E-state index in [0.717, 1.165) is 9.90 Å². The molecule has 0 bridgehead atoms. The molecule has 11 heteroatoms. The van der Waals surface area contributed by atoms with Gasteiger partial charge in [-0.1, -0.05) is 82.0 Å². The molecule has 35 heavy (non-hydrogen) atoms. The van der Waals surface area contributed by atoms with Gasteiger partial charge in [-0.15, -0.1) is 10.2 Å². The first-order chi connectivity index (χ1) is 16.4. The van der Waals surface area contributed by atoms with Gasteiger partial charge < -0.3 is 4.74 Å². The van der Waals surface area contributed by atoms with E-state index in [2.05, 4.69) is 36.3 Å². The van der Waals surface area contributed by atoms with Crippen LogP contribution in [0.25, 0.3) is 0 Å². The van der Waals surface area contributed by atoms with Gasteiger partial charge in [-0.05, 0) is 35.2 Å². The fraction of sp³-hybridized carbons (Fsp3) is 0.375. The van der Waals surface area contributed by atoms with Gasteiger partial charge in [0.05, 0.1) is 17.1 Å². The smallest absolute Gasteiger partial charge is 0.269 e. The summed E-state index contributed by atoms with van der Waals surface area (Å²) in [5, 5.41) is 11.5. The summed E-state index contributed by atoms with van der Waals surface area (Å²) in [6.45, 7) is 10.1. The molecule has 0 spiro atoms. The van der Waals surface area contributed by atoms with Crippen LogP contribution in [0.15, 0.2) is 57.8 Å². The van der Waals surface area contributed by atoms with Crippen LogP contribution in [0.4, 0.5) is 10.8 Å². The summed E-state index contributed by atoms with van der Waals surface area (Å²) in [5.74, 6) is -0.154. The third-order valence-electron chi connectivity index (χ3n) is 5.29. The highest BCUT2D eigenvalue weighted by Gasteiger charge is 2.38. The second kappa shape index (κ2) is 9.79. The minimum Gasteiger partial charge on any atom is -0.476 e. The number of anilines is 2. The first-order valence-electron chi connectivity index (χ1n) is 11.1. The summed E-state index contributed by atoms with van der Waals surface area (Å²) < 4.78 is 35.3. The highest BCUT2D eigenvalue weighted by molar-refractivity contribution is 8.01. The van der Waals surface area contributed by atoms with Gasteiger partial charge >= 0.3 is 0 Å². The molecule has 4 rings (SSSR count). The van der Waals surface area contributed by atoms with Crippen molar-refractivity contribution in [1.82, 2.24) is 10.2 Å². The van der Waals surface area contributed by atoms with Gasteiger partial charge in [0, 0.05) is 5.25 Å². The number of carbonyl (C=O) groups excluding carboxylic acids is 1. The van der Waals surface area contributed by atoms with Crippen LogP contribution in [0, 0.1) is 0 Å². The number of thioether (sulfide) groups is 1. The lowest BCUT2D eigenvalue weighted by Gasteiger charge is -2.35. The van der Waals surface area contributed by atoms with Crippen molar-refractivity contribution in [3.8, 4) is 5.75 Å². The van der Waals surface area contributed by atoms with E-state index in [1.165, 1.54) is 15.6 Å². The van der Waals surface area contributed by atoms with Gasteiger partial charge in [0.1, 0.15) is 5.75 Å². The number of benzene rings is 2. The Balaban J connectivity index is 1.67. The zero-order valence-corrected chi connectivity index (χ0v) is 22.6. The molecule has 1 aliphatic rings. The van der Waals surface area contributed by atoms with E-state index < -0.39 is 22.0 Å². The molecule has 1 aromatic heterocycles. The molecule has 1 amide bonds. The lowest BCUT2D eigenvalue weighted by Crippen LogP contribution is -2.49. The van der Waals surface area contributed by atoms with Crippen molar-refractivity contribution in [3.05, 3.63) is 54.1 Å². The van der Waals surface area contributed by atoms with E-state index in [0.29, 0.717) is 21.8 Å². The summed E-state index contributed by atoms with van der Waals surface area (Å²) in [6, 6.07) is 13.6. The normalized spacial score (nSPS) is 16.1. The number of carbonyl (C=O) groups is 1.